The van der Waals surface area contributed by atoms with Crippen LogP contribution in [0.2, 0.25) is 0 Å². The Balaban J connectivity index is 2.16. The van der Waals surface area contributed by atoms with Gasteiger partial charge in [0.05, 0.1) is 0 Å². The molecule has 2 rings (SSSR count). The van der Waals surface area contributed by atoms with Gasteiger partial charge in [-0.25, -0.2) is 0 Å². The van der Waals surface area contributed by atoms with Crippen LogP contribution >= 0.6 is 0 Å². The van der Waals surface area contributed by atoms with Crippen molar-refractivity contribution >= 4 is 0 Å². The van der Waals surface area contributed by atoms with Gasteiger partial charge >= 0.3 is 0 Å². The number of rotatable bonds is 2. The van der Waals surface area contributed by atoms with Crippen molar-refractivity contribution in [2.24, 2.45) is 0 Å². The van der Waals surface area contributed by atoms with E-state index < -0.39 is 0 Å². The quantitative estimate of drug-likeness (QED) is 0.735. The summed E-state index contributed by atoms with van der Waals surface area (Å²) in [6.45, 7) is 10.9. The molecular formula is C16H23N. The summed E-state index contributed by atoms with van der Waals surface area (Å²) < 4.78 is 0. The van der Waals surface area contributed by atoms with Crippen LogP contribution < -0.4 is 0 Å². The van der Waals surface area contributed by atoms with Crippen molar-refractivity contribution in [1.29, 1.82) is 0 Å². The largest absolute Gasteiger partial charge is 0.371 e. The fourth-order valence-corrected chi connectivity index (χ4v) is 2.60. The van der Waals surface area contributed by atoms with Crippen molar-refractivity contribution in [2.45, 2.75) is 46.1 Å². The third kappa shape index (κ3) is 2.91. The van der Waals surface area contributed by atoms with Gasteiger partial charge in [0.1, 0.15) is 0 Å². The number of likely N-dealkylation sites (tertiary alicyclic amines) is 1. The number of aryl methyl sites for hydroxylation is 2. The molecule has 0 spiro atoms. The first-order valence-electron chi connectivity index (χ1n) is 6.66. The van der Waals surface area contributed by atoms with E-state index >= 15 is 0 Å². The van der Waals surface area contributed by atoms with Crippen LogP contribution in [0, 0.1) is 13.8 Å². The summed E-state index contributed by atoms with van der Waals surface area (Å²) >= 11 is 0. The first kappa shape index (κ1) is 12.2. The van der Waals surface area contributed by atoms with Crippen LogP contribution in [0.3, 0.4) is 0 Å². The Kier molecular flexibility index (Phi) is 3.88. The summed E-state index contributed by atoms with van der Waals surface area (Å²) in [4.78, 5) is 2.47. The van der Waals surface area contributed by atoms with Crippen molar-refractivity contribution in [3.63, 3.8) is 0 Å². The first-order chi connectivity index (χ1) is 8.18. The molecule has 0 N–H and O–H groups in total. The summed E-state index contributed by atoms with van der Waals surface area (Å²) in [5, 5.41) is 0. The van der Waals surface area contributed by atoms with Crippen molar-refractivity contribution in [1.82, 2.24) is 4.90 Å². The first-order valence-corrected chi connectivity index (χ1v) is 6.66. The fraction of sp³-hybridized carbons (Fsp3) is 0.500. The Morgan fingerprint density at radius 1 is 1.12 bits per heavy atom. The number of nitrogens with zero attached hydrogens (tertiary/aromatic N) is 1. The Morgan fingerprint density at radius 2 is 1.82 bits per heavy atom. The molecule has 1 aliphatic rings. The zero-order chi connectivity index (χ0) is 12.3. The van der Waals surface area contributed by atoms with Crippen molar-refractivity contribution in [3.8, 4) is 0 Å². The molecule has 0 unspecified atom stereocenters. The second-order valence-electron chi connectivity index (χ2n) is 5.17. The Labute approximate surface area is 105 Å². The molecule has 0 bridgehead atoms. The van der Waals surface area contributed by atoms with E-state index in [1.165, 1.54) is 54.6 Å². The number of hydrogen-bond donors (Lipinski definition) is 0. The van der Waals surface area contributed by atoms with E-state index in [4.69, 9.17) is 0 Å². The summed E-state index contributed by atoms with van der Waals surface area (Å²) in [6.07, 6.45) is 5.14. The van der Waals surface area contributed by atoms with Crippen molar-refractivity contribution in [2.75, 3.05) is 6.54 Å². The van der Waals surface area contributed by atoms with E-state index in [-0.39, 0.29) is 0 Å². The Hall–Kier alpha value is -1.24. The third-order valence-corrected chi connectivity index (χ3v) is 3.83. The monoisotopic (exact) mass is 229 g/mol. The van der Waals surface area contributed by atoms with Gasteiger partial charge < -0.3 is 4.90 Å². The van der Waals surface area contributed by atoms with E-state index in [1.54, 1.807) is 0 Å². The van der Waals surface area contributed by atoms with Gasteiger partial charge in [-0.05, 0) is 49.8 Å². The molecule has 1 nitrogen and oxygen atoms in total. The van der Waals surface area contributed by atoms with Gasteiger partial charge in [-0.3, -0.25) is 0 Å². The Bertz CT molecular complexity index is 386. The molecule has 1 heterocycles. The van der Waals surface area contributed by atoms with Crippen LogP contribution in [0.15, 0.2) is 30.5 Å². The highest BCUT2D eigenvalue weighted by atomic mass is 15.1. The van der Waals surface area contributed by atoms with Crippen LogP contribution in [-0.2, 0) is 6.54 Å². The second kappa shape index (κ2) is 5.39. The summed E-state index contributed by atoms with van der Waals surface area (Å²) in [5.41, 5.74) is 5.62. The number of hydrogen-bond acceptors (Lipinski definition) is 1. The molecule has 0 amide bonds. The van der Waals surface area contributed by atoms with Crippen molar-refractivity contribution < 1.29 is 0 Å². The maximum Gasteiger partial charge on any atom is 0.0431 e. The van der Waals surface area contributed by atoms with E-state index in [1.807, 2.05) is 0 Å². The lowest BCUT2D eigenvalue weighted by Gasteiger charge is -2.26. The van der Waals surface area contributed by atoms with Gasteiger partial charge in [-0.1, -0.05) is 31.2 Å². The summed E-state index contributed by atoms with van der Waals surface area (Å²) in [6, 6.07) is 6.57. The minimum atomic E-state index is 1.04. The van der Waals surface area contributed by atoms with Crippen LogP contribution in [-0.4, -0.2) is 11.4 Å². The molecular weight excluding hydrogens is 206 g/mol. The molecule has 1 aromatic rings. The molecule has 1 saturated heterocycles. The highest BCUT2D eigenvalue weighted by Crippen LogP contribution is 2.23. The predicted molar refractivity (Wildman–Crippen MR) is 73.9 cm³/mol. The highest BCUT2D eigenvalue weighted by molar-refractivity contribution is 5.33. The molecule has 0 aromatic heterocycles. The minimum absolute atomic E-state index is 1.04. The molecule has 1 aliphatic heterocycles. The molecule has 0 aliphatic carbocycles. The molecule has 1 fully saturated rings. The van der Waals surface area contributed by atoms with Crippen LogP contribution in [0.4, 0.5) is 0 Å². The predicted octanol–water partition coefficient (Wildman–Crippen LogP) is 4.19. The SMILES string of the molecule is C=C1CCCCCN1Cc1c(C)cccc1C. The smallest absolute Gasteiger partial charge is 0.0431 e. The van der Waals surface area contributed by atoms with E-state index in [9.17, 15) is 0 Å². The zero-order valence-corrected chi connectivity index (χ0v) is 11.1. The van der Waals surface area contributed by atoms with E-state index in [0.29, 0.717) is 0 Å². The van der Waals surface area contributed by atoms with E-state index in [2.05, 4.69) is 43.5 Å². The van der Waals surface area contributed by atoms with Gasteiger partial charge in [-0.15, -0.1) is 0 Å². The van der Waals surface area contributed by atoms with Crippen LogP contribution in [0.25, 0.3) is 0 Å². The molecule has 1 heteroatoms. The molecule has 0 atom stereocenters. The molecule has 92 valence electrons. The van der Waals surface area contributed by atoms with E-state index in [0.717, 1.165) is 6.54 Å². The maximum atomic E-state index is 4.24. The third-order valence-electron chi connectivity index (χ3n) is 3.83. The summed E-state index contributed by atoms with van der Waals surface area (Å²) in [7, 11) is 0. The average Bonchev–Trinajstić information content (AvgIpc) is 2.49. The minimum Gasteiger partial charge on any atom is -0.371 e. The lowest BCUT2D eigenvalue weighted by Crippen LogP contribution is -2.22. The average molecular weight is 229 g/mol. The van der Waals surface area contributed by atoms with Gasteiger partial charge in [0.2, 0.25) is 0 Å². The zero-order valence-electron chi connectivity index (χ0n) is 11.1. The lowest BCUT2D eigenvalue weighted by atomic mass is 10.0. The van der Waals surface area contributed by atoms with Crippen molar-refractivity contribution in [3.05, 3.63) is 47.2 Å². The van der Waals surface area contributed by atoms with Gasteiger partial charge in [0.25, 0.3) is 0 Å². The van der Waals surface area contributed by atoms with Crippen LogP contribution in [0.1, 0.15) is 42.4 Å². The Morgan fingerprint density at radius 3 is 2.53 bits per heavy atom. The standard InChI is InChI=1S/C16H23N/c1-13-8-7-9-14(2)16(13)12-17-11-6-4-5-10-15(17)3/h7-9H,3-6,10-12H2,1-2H3. The maximum absolute atomic E-state index is 4.24. The highest BCUT2D eigenvalue weighted by Gasteiger charge is 2.13. The fourth-order valence-electron chi connectivity index (χ4n) is 2.60. The molecule has 0 saturated carbocycles. The lowest BCUT2D eigenvalue weighted by molar-refractivity contribution is 0.337. The molecule has 0 radical (unpaired) electrons. The number of benzene rings is 1. The second-order valence-corrected chi connectivity index (χ2v) is 5.17. The van der Waals surface area contributed by atoms with Gasteiger partial charge in [-0.2, -0.15) is 0 Å². The van der Waals surface area contributed by atoms with Gasteiger partial charge in [0.15, 0.2) is 0 Å². The molecule has 1 aromatic carbocycles. The van der Waals surface area contributed by atoms with Gasteiger partial charge in [0, 0.05) is 18.8 Å². The normalized spacial score (nSPS) is 17.1. The van der Waals surface area contributed by atoms with Crippen LogP contribution in [0.5, 0.6) is 0 Å². The number of allylic oxidation sites excluding steroid dienone is 1. The topological polar surface area (TPSA) is 3.24 Å². The molecule has 17 heavy (non-hydrogen) atoms. The summed E-state index contributed by atoms with van der Waals surface area (Å²) in [5.74, 6) is 0.